The zero-order chi connectivity index (χ0) is 31.9. The molecule has 3 heteroatoms. The van der Waals surface area contributed by atoms with E-state index in [1.54, 1.807) is 21.8 Å². The van der Waals surface area contributed by atoms with Crippen LogP contribution in [0.1, 0.15) is 41.5 Å². The van der Waals surface area contributed by atoms with Gasteiger partial charge in [0.2, 0.25) is 0 Å². The lowest BCUT2D eigenvalue weighted by atomic mass is 10.1. The quantitative estimate of drug-likeness (QED) is 0.133. The van der Waals surface area contributed by atoms with Crippen LogP contribution in [0.5, 0.6) is 0 Å². The molecular weight excluding hydrogens is 594 g/mol. The third kappa shape index (κ3) is 5.63. The average molecular weight is 641 g/mol. The van der Waals surface area contributed by atoms with E-state index in [0.717, 1.165) is 0 Å². The van der Waals surface area contributed by atoms with Crippen molar-refractivity contribution in [3.8, 4) is 0 Å². The first-order valence-electron chi connectivity index (χ1n) is 16.2. The molecule has 4 aromatic carbocycles. The molecule has 0 bridgehead atoms. The predicted molar refractivity (Wildman–Crippen MR) is 205 cm³/mol. The highest BCUT2D eigenvalue weighted by molar-refractivity contribution is 7.77. The molecule has 0 aliphatic heterocycles. The van der Waals surface area contributed by atoms with Gasteiger partial charge in [0, 0.05) is 11.1 Å². The van der Waals surface area contributed by atoms with Crippen molar-refractivity contribution in [2.75, 3.05) is 0 Å². The molecule has 228 valence electrons. The fourth-order valence-electron chi connectivity index (χ4n) is 8.00. The summed E-state index contributed by atoms with van der Waals surface area (Å²) in [5.41, 5.74) is 10.3. The molecule has 0 spiro atoms. The minimum absolute atomic E-state index is 0.473. The van der Waals surface area contributed by atoms with Crippen LogP contribution in [0.3, 0.4) is 0 Å². The summed E-state index contributed by atoms with van der Waals surface area (Å²) < 4.78 is 0. The summed E-state index contributed by atoms with van der Waals surface area (Å²) in [6, 6.07) is 45.5. The molecule has 2 aliphatic rings. The van der Waals surface area contributed by atoms with E-state index in [4.69, 9.17) is 0 Å². The van der Waals surface area contributed by atoms with Crippen molar-refractivity contribution in [1.82, 2.24) is 0 Å². The van der Waals surface area contributed by atoms with Crippen LogP contribution >= 0.6 is 15.8 Å². The number of hydrogen-bond donors (Lipinski definition) is 0. The molecule has 0 N–H and O–H groups in total. The van der Waals surface area contributed by atoms with Gasteiger partial charge < -0.3 is 0 Å². The maximum Gasteiger partial charge on any atom is 0.0723 e. The van der Waals surface area contributed by atoms with Gasteiger partial charge in [0.15, 0.2) is 0 Å². The van der Waals surface area contributed by atoms with E-state index in [1.165, 1.54) is 43.5 Å². The van der Waals surface area contributed by atoms with Crippen molar-refractivity contribution in [3.05, 3.63) is 165 Å². The van der Waals surface area contributed by atoms with Crippen LogP contribution < -0.4 is 21.2 Å². The maximum absolute atomic E-state index is 2.72. The van der Waals surface area contributed by atoms with Gasteiger partial charge in [-0.2, -0.15) is 0 Å². The SMILES string of the molecule is CC1=C(C)C([Si](C)(C)C2C(C)=C(C)C(C)=C2P(c2ccccc2)c2ccccc2)C(P(c2ccccc2)c2ccccc2)=C1C. The zero-order valence-electron chi connectivity index (χ0n) is 28.1. The zero-order valence-corrected chi connectivity index (χ0v) is 30.9. The van der Waals surface area contributed by atoms with Gasteiger partial charge in [0.1, 0.15) is 0 Å². The molecule has 0 saturated carbocycles. The molecule has 2 aliphatic carbocycles. The lowest BCUT2D eigenvalue weighted by Gasteiger charge is -2.44. The summed E-state index contributed by atoms with van der Waals surface area (Å²) in [4.78, 5) is 0. The second-order valence-corrected chi connectivity index (χ2v) is 22.5. The normalized spacial score (nSPS) is 19.2. The van der Waals surface area contributed by atoms with E-state index in [1.807, 2.05) is 0 Å². The Kier molecular flexibility index (Phi) is 9.18. The minimum Gasteiger partial charge on any atom is -0.0679 e. The Bertz CT molecular complexity index is 1600. The molecule has 0 aromatic heterocycles. The standard InChI is InChI=1S/C42H46P2Si/c1-29-31(3)39(43(35-21-13-9-14-22-35)36-23-15-10-16-24-36)41(33(29)5)45(7,8)42-34(6)30(2)32(4)40(42)44(37-25-17-11-18-26-37)38-27-19-12-20-28-38/h9-28,41-42H,1-8H3. The third-order valence-electron chi connectivity index (χ3n) is 10.5. The van der Waals surface area contributed by atoms with Crippen LogP contribution in [-0.4, -0.2) is 8.07 Å². The molecule has 0 radical (unpaired) electrons. The number of benzene rings is 4. The van der Waals surface area contributed by atoms with Crippen molar-refractivity contribution >= 4 is 45.1 Å². The van der Waals surface area contributed by atoms with Crippen LogP contribution in [0.25, 0.3) is 0 Å². The van der Waals surface area contributed by atoms with Crippen LogP contribution in [0.2, 0.25) is 24.2 Å². The fourth-order valence-corrected chi connectivity index (χ4v) is 21.1. The molecule has 45 heavy (non-hydrogen) atoms. The van der Waals surface area contributed by atoms with Crippen LogP contribution in [0, 0.1) is 0 Å². The van der Waals surface area contributed by atoms with E-state index in [-0.39, 0.29) is 0 Å². The van der Waals surface area contributed by atoms with Gasteiger partial charge in [-0.05, 0) is 112 Å². The first kappa shape index (κ1) is 31.9. The van der Waals surface area contributed by atoms with E-state index in [9.17, 15) is 0 Å². The highest BCUT2D eigenvalue weighted by Gasteiger charge is 2.52. The Balaban J connectivity index is 1.56. The summed E-state index contributed by atoms with van der Waals surface area (Å²) in [6.45, 7) is 20.0. The highest BCUT2D eigenvalue weighted by atomic mass is 31.1. The largest absolute Gasteiger partial charge is 0.0723 e. The molecule has 0 fully saturated rings. The van der Waals surface area contributed by atoms with Crippen molar-refractivity contribution in [3.63, 3.8) is 0 Å². The van der Waals surface area contributed by atoms with Crippen LogP contribution in [0.4, 0.5) is 0 Å². The van der Waals surface area contributed by atoms with E-state index in [0.29, 0.717) is 11.1 Å². The van der Waals surface area contributed by atoms with Crippen LogP contribution in [-0.2, 0) is 0 Å². The molecule has 2 unspecified atom stereocenters. The molecular formula is C42H46P2Si. The molecule has 0 heterocycles. The number of allylic oxidation sites excluding steroid dienone is 8. The summed E-state index contributed by atoms with van der Waals surface area (Å²) in [6.07, 6.45) is 0. The smallest absolute Gasteiger partial charge is 0.0679 e. The van der Waals surface area contributed by atoms with Gasteiger partial charge in [-0.1, -0.05) is 146 Å². The molecule has 0 saturated heterocycles. The Morgan fingerprint density at radius 3 is 0.867 bits per heavy atom. The Morgan fingerprint density at radius 2 is 0.622 bits per heavy atom. The monoisotopic (exact) mass is 640 g/mol. The highest BCUT2D eigenvalue weighted by Crippen LogP contribution is 2.68. The summed E-state index contributed by atoms with van der Waals surface area (Å²) >= 11 is 0. The molecule has 6 rings (SSSR count). The minimum atomic E-state index is -2.11. The van der Waals surface area contributed by atoms with Gasteiger partial charge in [0.05, 0.1) is 8.07 Å². The van der Waals surface area contributed by atoms with E-state index >= 15 is 0 Å². The number of hydrogen-bond acceptors (Lipinski definition) is 0. The summed E-state index contributed by atoms with van der Waals surface area (Å²) in [5.74, 6) is 0. The van der Waals surface area contributed by atoms with Gasteiger partial charge in [-0.15, -0.1) is 0 Å². The van der Waals surface area contributed by atoms with Crippen molar-refractivity contribution < 1.29 is 0 Å². The Morgan fingerprint density at radius 1 is 0.378 bits per heavy atom. The van der Waals surface area contributed by atoms with Crippen LogP contribution in [0.15, 0.2) is 165 Å². The second kappa shape index (κ2) is 13.0. The summed E-state index contributed by atoms with van der Waals surface area (Å²) in [5, 5.41) is 9.25. The Hall–Kier alpha value is -3.08. The topological polar surface area (TPSA) is 0 Å². The van der Waals surface area contributed by atoms with Crippen molar-refractivity contribution in [2.24, 2.45) is 0 Å². The lowest BCUT2D eigenvalue weighted by Crippen LogP contribution is -2.41. The van der Waals surface area contributed by atoms with Gasteiger partial charge in [-0.25, -0.2) is 0 Å². The second-order valence-electron chi connectivity index (χ2n) is 13.3. The van der Waals surface area contributed by atoms with Gasteiger partial charge >= 0.3 is 0 Å². The maximum atomic E-state index is 2.72. The first-order chi connectivity index (χ1) is 21.6. The number of rotatable bonds is 8. The van der Waals surface area contributed by atoms with Gasteiger partial charge in [0.25, 0.3) is 0 Å². The average Bonchev–Trinajstić information content (AvgIpc) is 3.43. The first-order valence-corrected chi connectivity index (χ1v) is 22.1. The predicted octanol–water partition coefficient (Wildman–Crippen LogP) is 10.9. The molecule has 2 atom stereocenters. The van der Waals surface area contributed by atoms with Crippen molar-refractivity contribution in [1.29, 1.82) is 0 Å². The Labute approximate surface area is 275 Å². The third-order valence-corrected chi connectivity index (χ3v) is 20.8. The van der Waals surface area contributed by atoms with E-state index < -0.39 is 23.9 Å². The van der Waals surface area contributed by atoms with Gasteiger partial charge in [-0.3, -0.25) is 0 Å². The summed E-state index contributed by atoms with van der Waals surface area (Å²) in [7, 11) is -3.45. The van der Waals surface area contributed by atoms with E-state index in [2.05, 4.69) is 176 Å². The molecule has 4 aromatic rings. The molecule has 0 nitrogen and oxygen atoms in total. The fraction of sp³-hybridized carbons (Fsp3) is 0.238. The van der Waals surface area contributed by atoms with Crippen molar-refractivity contribution in [2.45, 2.75) is 65.7 Å². The lowest BCUT2D eigenvalue weighted by molar-refractivity contribution is 1.03. The molecule has 0 amide bonds.